The van der Waals surface area contributed by atoms with Gasteiger partial charge in [-0.25, -0.2) is 8.42 Å². The second kappa shape index (κ2) is 8.62. The molecule has 0 aromatic heterocycles. The molecule has 0 fully saturated rings. The van der Waals surface area contributed by atoms with Crippen LogP contribution < -0.4 is 0 Å². The van der Waals surface area contributed by atoms with Gasteiger partial charge in [-0.3, -0.25) is 4.79 Å². The molecule has 0 aliphatic carbocycles. The summed E-state index contributed by atoms with van der Waals surface area (Å²) in [6.45, 7) is 1.94. The lowest BCUT2D eigenvalue weighted by Gasteiger charge is -2.25. The van der Waals surface area contributed by atoms with Gasteiger partial charge in [-0.05, 0) is 41.3 Å². The average molecular weight is 408 g/mol. The SMILES string of the molecule is C[C@@H](c1ccc(S(C)(=O)=O)cc1)N(C)C(=O)Cc1ccc(-c2ccccc2)cc1. The summed E-state index contributed by atoms with van der Waals surface area (Å²) in [4.78, 5) is 14.7. The lowest BCUT2D eigenvalue weighted by Crippen LogP contribution is -2.31. The highest BCUT2D eigenvalue weighted by Crippen LogP contribution is 2.23. The summed E-state index contributed by atoms with van der Waals surface area (Å²) in [5, 5.41) is 0. The van der Waals surface area contributed by atoms with Gasteiger partial charge in [-0.1, -0.05) is 66.7 Å². The predicted molar refractivity (Wildman–Crippen MR) is 116 cm³/mol. The Morgan fingerprint density at radius 3 is 1.97 bits per heavy atom. The number of nitrogens with zero attached hydrogens (tertiary/aromatic N) is 1. The number of rotatable bonds is 6. The van der Waals surface area contributed by atoms with Crippen LogP contribution in [0.1, 0.15) is 24.1 Å². The zero-order valence-corrected chi connectivity index (χ0v) is 17.7. The molecule has 29 heavy (non-hydrogen) atoms. The van der Waals surface area contributed by atoms with Crippen LogP contribution in [0.25, 0.3) is 11.1 Å². The fraction of sp³-hybridized carbons (Fsp3) is 0.208. The summed E-state index contributed by atoms with van der Waals surface area (Å²) in [6.07, 6.45) is 1.50. The second-order valence-electron chi connectivity index (χ2n) is 7.26. The smallest absolute Gasteiger partial charge is 0.227 e. The van der Waals surface area contributed by atoms with Gasteiger partial charge >= 0.3 is 0 Å². The molecule has 1 amide bonds. The molecule has 5 heteroatoms. The zero-order chi connectivity index (χ0) is 21.0. The Bertz CT molecular complexity index is 1070. The van der Waals surface area contributed by atoms with Gasteiger partial charge in [-0.15, -0.1) is 0 Å². The molecule has 3 aromatic rings. The molecule has 0 N–H and O–H groups in total. The quantitative estimate of drug-likeness (QED) is 0.604. The molecule has 0 saturated carbocycles. The van der Waals surface area contributed by atoms with Crippen LogP contribution in [0.4, 0.5) is 0 Å². The summed E-state index contributed by atoms with van der Waals surface area (Å²) in [6, 6.07) is 24.7. The Kier molecular flexibility index (Phi) is 6.18. The molecule has 0 saturated heterocycles. The van der Waals surface area contributed by atoms with Crippen molar-refractivity contribution in [3.63, 3.8) is 0 Å². The van der Waals surface area contributed by atoms with Crippen LogP contribution in [0.15, 0.2) is 83.8 Å². The number of benzene rings is 3. The molecule has 0 unspecified atom stereocenters. The first kappa shape index (κ1) is 20.8. The standard InChI is InChI=1S/C24H25NO3S/c1-18(20-13-15-23(16-14-20)29(3,27)28)25(2)24(26)17-19-9-11-22(12-10-19)21-7-5-4-6-8-21/h4-16,18H,17H2,1-3H3/t18-/m0/s1. The van der Waals surface area contributed by atoms with Crippen molar-refractivity contribution in [3.8, 4) is 11.1 Å². The lowest BCUT2D eigenvalue weighted by atomic mass is 10.0. The predicted octanol–water partition coefficient (Wildman–Crippen LogP) is 4.52. The van der Waals surface area contributed by atoms with E-state index >= 15 is 0 Å². The van der Waals surface area contributed by atoms with Gasteiger partial charge in [-0.2, -0.15) is 0 Å². The molecule has 0 bridgehead atoms. The minimum absolute atomic E-state index is 0.0113. The maximum atomic E-state index is 12.7. The molecule has 0 radical (unpaired) electrons. The molecule has 0 spiro atoms. The summed E-state index contributed by atoms with van der Waals surface area (Å²) in [5.74, 6) is 0.0113. The maximum Gasteiger partial charge on any atom is 0.227 e. The third-order valence-electron chi connectivity index (χ3n) is 5.18. The number of carbonyl (C=O) groups is 1. The fourth-order valence-electron chi connectivity index (χ4n) is 3.18. The highest BCUT2D eigenvalue weighted by atomic mass is 32.2. The van der Waals surface area contributed by atoms with E-state index < -0.39 is 9.84 Å². The lowest BCUT2D eigenvalue weighted by molar-refractivity contribution is -0.131. The summed E-state index contributed by atoms with van der Waals surface area (Å²) >= 11 is 0. The van der Waals surface area contributed by atoms with E-state index in [1.54, 1.807) is 36.2 Å². The maximum absolute atomic E-state index is 12.7. The first-order valence-corrected chi connectivity index (χ1v) is 11.3. The van der Waals surface area contributed by atoms with Crippen LogP contribution in [0.5, 0.6) is 0 Å². The molecule has 0 aliphatic rings. The van der Waals surface area contributed by atoms with Crippen molar-refractivity contribution in [1.29, 1.82) is 0 Å². The molecule has 4 nitrogen and oxygen atoms in total. The highest BCUT2D eigenvalue weighted by molar-refractivity contribution is 7.90. The van der Waals surface area contributed by atoms with Gasteiger partial charge in [0.2, 0.25) is 5.91 Å². The van der Waals surface area contributed by atoms with Gasteiger partial charge in [0.15, 0.2) is 9.84 Å². The Labute approximate surface area is 172 Å². The largest absolute Gasteiger partial charge is 0.339 e. The van der Waals surface area contributed by atoms with Gasteiger partial charge in [0.05, 0.1) is 17.4 Å². The number of likely N-dealkylation sites (N-methyl/N-ethyl adjacent to an activating group) is 1. The van der Waals surface area contributed by atoms with Crippen LogP contribution in [0.3, 0.4) is 0 Å². The van der Waals surface area contributed by atoms with E-state index in [9.17, 15) is 13.2 Å². The fourth-order valence-corrected chi connectivity index (χ4v) is 3.81. The van der Waals surface area contributed by atoms with Crippen molar-refractivity contribution in [1.82, 2.24) is 4.90 Å². The van der Waals surface area contributed by atoms with Crippen LogP contribution in [-0.4, -0.2) is 32.5 Å². The molecule has 0 aliphatic heterocycles. The Hall–Kier alpha value is -2.92. The van der Waals surface area contributed by atoms with Gasteiger partial charge < -0.3 is 4.90 Å². The topological polar surface area (TPSA) is 54.5 Å². The van der Waals surface area contributed by atoms with E-state index in [0.29, 0.717) is 6.42 Å². The third-order valence-corrected chi connectivity index (χ3v) is 6.31. The molecule has 3 rings (SSSR count). The molecule has 1 atom stereocenters. The van der Waals surface area contributed by atoms with Crippen molar-refractivity contribution in [2.24, 2.45) is 0 Å². The van der Waals surface area contributed by atoms with E-state index in [2.05, 4.69) is 12.1 Å². The van der Waals surface area contributed by atoms with Crippen molar-refractivity contribution in [3.05, 3.63) is 90.0 Å². The average Bonchev–Trinajstić information content (AvgIpc) is 2.73. The summed E-state index contributed by atoms with van der Waals surface area (Å²) in [7, 11) is -1.45. The van der Waals surface area contributed by atoms with Crippen molar-refractivity contribution >= 4 is 15.7 Å². The second-order valence-corrected chi connectivity index (χ2v) is 9.28. The summed E-state index contributed by atoms with van der Waals surface area (Å²) < 4.78 is 23.2. The number of hydrogen-bond donors (Lipinski definition) is 0. The van der Waals surface area contributed by atoms with Crippen LogP contribution >= 0.6 is 0 Å². The Morgan fingerprint density at radius 1 is 0.862 bits per heavy atom. The first-order chi connectivity index (χ1) is 13.8. The number of amides is 1. The third kappa shape index (κ3) is 5.12. The molecule has 150 valence electrons. The monoisotopic (exact) mass is 407 g/mol. The molecule has 3 aromatic carbocycles. The van der Waals surface area contributed by atoms with E-state index in [1.807, 2.05) is 49.4 Å². The highest BCUT2D eigenvalue weighted by Gasteiger charge is 2.18. The molecular formula is C24H25NO3S. The van der Waals surface area contributed by atoms with Crippen LogP contribution in [0.2, 0.25) is 0 Å². The van der Waals surface area contributed by atoms with Crippen molar-refractivity contribution in [2.75, 3.05) is 13.3 Å². The zero-order valence-electron chi connectivity index (χ0n) is 16.9. The van der Waals surface area contributed by atoms with E-state index in [0.717, 1.165) is 22.3 Å². The van der Waals surface area contributed by atoms with E-state index in [4.69, 9.17) is 0 Å². The number of sulfone groups is 1. The van der Waals surface area contributed by atoms with Gasteiger partial charge in [0.25, 0.3) is 0 Å². The summed E-state index contributed by atoms with van der Waals surface area (Å²) in [5.41, 5.74) is 4.12. The van der Waals surface area contributed by atoms with Crippen molar-refractivity contribution in [2.45, 2.75) is 24.3 Å². The van der Waals surface area contributed by atoms with Gasteiger partial charge in [0, 0.05) is 13.3 Å². The number of hydrogen-bond acceptors (Lipinski definition) is 3. The van der Waals surface area contributed by atoms with E-state index in [1.165, 1.54) is 6.26 Å². The first-order valence-electron chi connectivity index (χ1n) is 9.46. The Morgan fingerprint density at radius 2 is 1.41 bits per heavy atom. The van der Waals surface area contributed by atoms with Crippen molar-refractivity contribution < 1.29 is 13.2 Å². The molecular weight excluding hydrogens is 382 g/mol. The minimum Gasteiger partial charge on any atom is -0.339 e. The number of carbonyl (C=O) groups excluding carboxylic acids is 1. The van der Waals surface area contributed by atoms with Crippen LogP contribution in [-0.2, 0) is 21.1 Å². The van der Waals surface area contributed by atoms with Gasteiger partial charge in [0.1, 0.15) is 0 Å². The van der Waals surface area contributed by atoms with Crippen LogP contribution in [0, 0.1) is 0 Å². The Balaban J connectivity index is 1.67. The molecule has 0 heterocycles. The normalized spacial score (nSPS) is 12.4. The van der Waals surface area contributed by atoms with E-state index in [-0.39, 0.29) is 16.8 Å². The minimum atomic E-state index is -3.23.